The van der Waals surface area contributed by atoms with Gasteiger partial charge in [0.25, 0.3) is 0 Å². The standard InChI is InChI=1S/C17H20N8O/c1-22-16-14(8-20-22)17(19-11-18-16)23-6-4-12(9-23)25-10-13(7-21-25)24-5-2-3-15(24)26/h7-8,10-12H,2-6,9H2,1H3. The monoisotopic (exact) mass is 352 g/mol. The molecule has 0 saturated carbocycles. The van der Waals surface area contributed by atoms with Crippen molar-refractivity contribution in [3.8, 4) is 0 Å². The molecule has 0 aliphatic carbocycles. The van der Waals surface area contributed by atoms with Gasteiger partial charge in [0.2, 0.25) is 5.91 Å². The second-order valence-electron chi connectivity index (χ2n) is 6.92. The maximum atomic E-state index is 11.9. The molecule has 26 heavy (non-hydrogen) atoms. The number of carbonyl (C=O) groups is 1. The second-order valence-corrected chi connectivity index (χ2v) is 6.92. The number of nitrogens with zero attached hydrogens (tertiary/aromatic N) is 8. The molecule has 0 N–H and O–H groups in total. The van der Waals surface area contributed by atoms with Gasteiger partial charge in [0.15, 0.2) is 5.65 Å². The van der Waals surface area contributed by atoms with Crippen LogP contribution in [0.4, 0.5) is 11.5 Å². The second kappa shape index (κ2) is 5.79. The van der Waals surface area contributed by atoms with Gasteiger partial charge in [-0.3, -0.25) is 14.2 Å². The Balaban J connectivity index is 1.37. The van der Waals surface area contributed by atoms with E-state index in [1.165, 1.54) is 0 Å². The van der Waals surface area contributed by atoms with Crippen molar-refractivity contribution in [3.63, 3.8) is 0 Å². The summed E-state index contributed by atoms with van der Waals surface area (Å²) >= 11 is 0. The van der Waals surface area contributed by atoms with E-state index >= 15 is 0 Å². The third kappa shape index (κ3) is 2.34. The number of rotatable bonds is 3. The van der Waals surface area contributed by atoms with Crippen LogP contribution in [0, 0.1) is 0 Å². The largest absolute Gasteiger partial charge is 0.354 e. The minimum atomic E-state index is 0.192. The highest BCUT2D eigenvalue weighted by molar-refractivity contribution is 5.95. The van der Waals surface area contributed by atoms with Gasteiger partial charge in [0, 0.05) is 39.3 Å². The third-order valence-corrected chi connectivity index (χ3v) is 5.32. The molecule has 2 aliphatic rings. The van der Waals surface area contributed by atoms with Crippen molar-refractivity contribution >= 4 is 28.4 Å². The smallest absolute Gasteiger partial charge is 0.227 e. The van der Waals surface area contributed by atoms with Crippen LogP contribution in [0.3, 0.4) is 0 Å². The average Bonchev–Trinajstić information content (AvgIpc) is 3.40. The lowest BCUT2D eigenvalue weighted by Crippen LogP contribution is -2.23. The first-order valence-electron chi connectivity index (χ1n) is 8.93. The third-order valence-electron chi connectivity index (χ3n) is 5.32. The molecule has 5 heterocycles. The molecule has 2 fully saturated rings. The molecule has 0 bridgehead atoms. The lowest BCUT2D eigenvalue weighted by atomic mass is 10.3. The topological polar surface area (TPSA) is 85.0 Å². The van der Waals surface area contributed by atoms with E-state index in [4.69, 9.17) is 0 Å². The zero-order valence-electron chi connectivity index (χ0n) is 14.6. The highest BCUT2D eigenvalue weighted by Gasteiger charge is 2.29. The Morgan fingerprint density at radius 3 is 2.92 bits per heavy atom. The number of aryl methyl sites for hydroxylation is 1. The van der Waals surface area contributed by atoms with E-state index in [9.17, 15) is 4.79 Å². The highest BCUT2D eigenvalue weighted by Crippen LogP contribution is 2.30. The molecule has 1 amide bonds. The number of aromatic nitrogens is 6. The summed E-state index contributed by atoms with van der Waals surface area (Å²) in [5, 5.41) is 9.78. The van der Waals surface area contributed by atoms with Crippen molar-refractivity contribution in [2.45, 2.75) is 25.3 Å². The van der Waals surface area contributed by atoms with Gasteiger partial charge in [-0.1, -0.05) is 0 Å². The first kappa shape index (κ1) is 15.3. The van der Waals surface area contributed by atoms with Gasteiger partial charge in [-0.15, -0.1) is 0 Å². The zero-order valence-corrected chi connectivity index (χ0v) is 14.6. The molecule has 5 rings (SSSR count). The van der Waals surface area contributed by atoms with E-state index in [0.717, 1.165) is 55.0 Å². The van der Waals surface area contributed by atoms with Crippen molar-refractivity contribution in [2.75, 3.05) is 29.4 Å². The van der Waals surface area contributed by atoms with Gasteiger partial charge >= 0.3 is 0 Å². The van der Waals surface area contributed by atoms with E-state index in [0.29, 0.717) is 6.42 Å². The van der Waals surface area contributed by atoms with Crippen LogP contribution >= 0.6 is 0 Å². The van der Waals surface area contributed by atoms with Crippen LogP contribution in [0.5, 0.6) is 0 Å². The van der Waals surface area contributed by atoms with Gasteiger partial charge in [-0.2, -0.15) is 10.2 Å². The maximum Gasteiger partial charge on any atom is 0.227 e. The van der Waals surface area contributed by atoms with Crippen molar-refractivity contribution < 1.29 is 4.79 Å². The minimum absolute atomic E-state index is 0.192. The van der Waals surface area contributed by atoms with E-state index in [1.807, 2.05) is 29.0 Å². The average molecular weight is 352 g/mol. The van der Waals surface area contributed by atoms with Gasteiger partial charge in [0.1, 0.15) is 12.1 Å². The molecule has 3 aromatic rings. The SMILES string of the molecule is Cn1ncc2c(N3CCC(n4cc(N5CCCC5=O)cn4)C3)ncnc21. The fourth-order valence-corrected chi connectivity index (χ4v) is 3.94. The quantitative estimate of drug-likeness (QED) is 0.703. The lowest BCUT2D eigenvalue weighted by Gasteiger charge is -2.18. The number of hydrogen-bond acceptors (Lipinski definition) is 6. The van der Waals surface area contributed by atoms with Crippen LogP contribution in [0.2, 0.25) is 0 Å². The summed E-state index contributed by atoms with van der Waals surface area (Å²) in [6.45, 7) is 2.53. The Labute approximate surface area is 150 Å². The van der Waals surface area contributed by atoms with E-state index in [1.54, 1.807) is 17.2 Å². The molecule has 3 aromatic heterocycles. The van der Waals surface area contributed by atoms with Crippen molar-refractivity contribution in [1.82, 2.24) is 29.5 Å². The number of hydrogen-bond donors (Lipinski definition) is 0. The molecule has 1 unspecified atom stereocenters. The van der Waals surface area contributed by atoms with Crippen LogP contribution in [-0.2, 0) is 11.8 Å². The summed E-state index contributed by atoms with van der Waals surface area (Å²) in [4.78, 5) is 24.8. The Hall–Kier alpha value is -2.97. The predicted octanol–water partition coefficient (Wildman–Crippen LogP) is 1.14. The van der Waals surface area contributed by atoms with Crippen molar-refractivity contribution in [1.29, 1.82) is 0 Å². The number of fused-ring (bicyclic) bond motifs is 1. The molecule has 2 saturated heterocycles. The van der Waals surface area contributed by atoms with Crippen molar-refractivity contribution in [3.05, 3.63) is 24.9 Å². The van der Waals surface area contributed by atoms with Gasteiger partial charge in [0.05, 0.1) is 29.5 Å². The number of anilines is 2. The number of carbonyl (C=O) groups excluding carboxylic acids is 1. The van der Waals surface area contributed by atoms with Gasteiger partial charge < -0.3 is 9.80 Å². The van der Waals surface area contributed by atoms with E-state index in [2.05, 4.69) is 25.1 Å². The van der Waals surface area contributed by atoms with Crippen LogP contribution < -0.4 is 9.80 Å². The van der Waals surface area contributed by atoms with E-state index < -0.39 is 0 Å². The fourth-order valence-electron chi connectivity index (χ4n) is 3.94. The molecule has 134 valence electrons. The highest BCUT2D eigenvalue weighted by atomic mass is 16.2. The number of amides is 1. The molecule has 0 spiro atoms. The minimum Gasteiger partial charge on any atom is -0.354 e. The Morgan fingerprint density at radius 2 is 2.08 bits per heavy atom. The Bertz CT molecular complexity index is 976. The molecule has 0 radical (unpaired) electrons. The first-order valence-corrected chi connectivity index (χ1v) is 8.93. The van der Waals surface area contributed by atoms with Crippen LogP contribution in [0.25, 0.3) is 11.0 Å². The lowest BCUT2D eigenvalue weighted by molar-refractivity contribution is -0.117. The van der Waals surface area contributed by atoms with Crippen LogP contribution in [0.1, 0.15) is 25.3 Å². The summed E-state index contributed by atoms with van der Waals surface area (Å²) in [5.41, 5.74) is 1.75. The summed E-state index contributed by atoms with van der Waals surface area (Å²) in [6, 6.07) is 0.267. The fraction of sp³-hybridized carbons (Fsp3) is 0.471. The first-order chi connectivity index (χ1) is 12.7. The van der Waals surface area contributed by atoms with Crippen molar-refractivity contribution in [2.24, 2.45) is 7.05 Å². The van der Waals surface area contributed by atoms with Gasteiger partial charge in [-0.05, 0) is 12.8 Å². The molecule has 2 aliphatic heterocycles. The molecule has 9 heteroatoms. The molecular weight excluding hydrogens is 332 g/mol. The zero-order chi connectivity index (χ0) is 17.7. The predicted molar refractivity (Wildman–Crippen MR) is 96.0 cm³/mol. The summed E-state index contributed by atoms with van der Waals surface area (Å²) in [5.74, 6) is 1.12. The molecule has 9 nitrogen and oxygen atoms in total. The normalized spacial score (nSPS) is 20.7. The van der Waals surface area contributed by atoms with Crippen LogP contribution in [-0.4, -0.2) is 55.1 Å². The molecule has 0 aromatic carbocycles. The Kier molecular flexibility index (Phi) is 3.41. The summed E-state index contributed by atoms with van der Waals surface area (Å²) in [7, 11) is 1.89. The molecule has 1 atom stereocenters. The summed E-state index contributed by atoms with van der Waals surface area (Å²) < 4.78 is 3.75. The molecular formula is C17H20N8O. The Morgan fingerprint density at radius 1 is 1.15 bits per heavy atom. The van der Waals surface area contributed by atoms with E-state index in [-0.39, 0.29) is 11.9 Å². The van der Waals surface area contributed by atoms with Crippen LogP contribution in [0.15, 0.2) is 24.9 Å². The maximum absolute atomic E-state index is 11.9. The van der Waals surface area contributed by atoms with Gasteiger partial charge in [-0.25, -0.2) is 9.97 Å². The summed E-state index contributed by atoms with van der Waals surface area (Å²) in [6.07, 6.45) is 9.77.